The van der Waals surface area contributed by atoms with E-state index in [4.69, 9.17) is 4.74 Å². The molecule has 2 N–H and O–H groups in total. The Bertz CT molecular complexity index is 337. The normalized spacial score (nSPS) is 26.9. The second-order valence-corrected chi connectivity index (χ2v) is 6.91. The molecule has 0 radical (unpaired) electrons. The van der Waals surface area contributed by atoms with Gasteiger partial charge in [0.05, 0.1) is 13.2 Å². The van der Waals surface area contributed by atoms with Crippen molar-refractivity contribution in [1.29, 1.82) is 0 Å². The smallest absolute Gasteiger partial charge is 0.234 e. The summed E-state index contributed by atoms with van der Waals surface area (Å²) in [5, 5.41) is 6.54. The molecule has 2 rings (SSSR count). The van der Waals surface area contributed by atoms with Crippen LogP contribution in [0.4, 0.5) is 0 Å². The molecule has 7 heteroatoms. The third-order valence-corrected chi connectivity index (χ3v) is 5.24. The van der Waals surface area contributed by atoms with E-state index in [1.807, 2.05) is 0 Å². The third kappa shape index (κ3) is 6.39. The molecule has 2 fully saturated rings. The first-order chi connectivity index (χ1) is 10.1. The van der Waals surface area contributed by atoms with Gasteiger partial charge in [-0.25, -0.2) is 0 Å². The molecule has 0 aromatic carbocycles. The number of piperidine rings is 1. The van der Waals surface area contributed by atoms with Gasteiger partial charge in [0.25, 0.3) is 0 Å². The maximum atomic E-state index is 12.3. The zero-order chi connectivity index (χ0) is 15.3. The van der Waals surface area contributed by atoms with E-state index in [0.717, 1.165) is 39.1 Å². The molecule has 0 saturated carbocycles. The van der Waals surface area contributed by atoms with E-state index in [1.165, 1.54) is 12.8 Å². The molecule has 2 atom stereocenters. The lowest BCUT2D eigenvalue weighted by Crippen LogP contribution is -2.49. The number of hydrogen-bond acceptors (Lipinski definition) is 4. The summed E-state index contributed by atoms with van der Waals surface area (Å²) in [4.78, 5) is 14.6. The Morgan fingerprint density at radius 3 is 2.30 bits per heavy atom. The van der Waals surface area contributed by atoms with Crippen LogP contribution < -0.4 is 10.6 Å². The number of methoxy groups -OCH3 is 1. The molecular formula is C16H33Cl2N3O2. The minimum atomic E-state index is 0. The Hall–Kier alpha value is -0.0700. The molecule has 2 aliphatic heterocycles. The van der Waals surface area contributed by atoms with E-state index >= 15 is 0 Å². The fourth-order valence-electron chi connectivity index (χ4n) is 3.70. The zero-order valence-corrected chi connectivity index (χ0v) is 16.2. The minimum Gasteiger partial charge on any atom is -0.384 e. The molecule has 5 nitrogen and oxygen atoms in total. The highest BCUT2D eigenvalue weighted by molar-refractivity contribution is 5.85. The van der Waals surface area contributed by atoms with Gasteiger partial charge in [-0.2, -0.15) is 0 Å². The van der Waals surface area contributed by atoms with Crippen LogP contribution in [-0.2, 0) is 9.53 Å². The molecule has 23 heavy (non-hydrogen) atoms. The first kappa shape index (κ1) is 22.9. The molecule has 2 aliphatic rings. The lowest BCUT2D eigenvalue weighted by molar-refractivity contribution is -0.123. The number of rotatable bonds is 6. The summed E-state index contributed by atoms with van der Waals surface area (Å²) >= 11 is 0. The van der Waals surface area contributed by atoms with Crippen molar-refractivity contribution >= 4 is 30.7 Å². The monoisotopic (exact) mass is 369 g/mol. The van der Waals surface area contributed by atoms with Crippen LogP contribution in [0.2, 0.25) is 0 Å². The summed E-state index contributed by atoms with van der Waals surface area (Å²) in [7, 11) is 1.75. The van der Waals surface area contributed by atoms with E-state index in [0.29, 0.717) is 18.6 Å². The van der Waals surface area contributed by atoms with Crippen LogP contribution in [0.3, 0.4) is 0 Å². The van der Waals surface area contributed by atoms with Crippen molar-refractivity contribution in [2.45, 2.75) is 51.6 Å². The van der Waals surface area contributed by atoms with Gasteiger partial charge in [0.2, 0.25) is 5.91 Å². The summed E-state index contributed by atoms with van der Waals surface area (Å²) in [5.41, 5.74) is 0.109. The van der Waals surface area contributed by atoms with Gasteiger partial charge in [-0.15, -0.1) is 24.8 Å². The fraction of sp³-hybridized carbons (Fsp3) is 0.938. The SMILES string of the molecule is COCC1(CNC(=O)CN2C(C)CCC2C)CCNCC1.Cl.Cl. The molecule has 0 spiro atoms. The predicted octanol–water partition coefficient (Wildman–Crippen LogP) is 1.84. The third-order valence-electron chi connectivity index (χ3n) is 5.24. The van der Waals surface area contributed by atoms with Gasteiger partial charge < -0.3 is 15.4 Å². The lowest BCUT2D eigenvalue weighted by Gasteiger charge is -2.37. The van der Waals surface area contributed by atoms with Crippen molar-refractivity contribution in [3.8, 4) is 0 Å². The molecule has 0 aliphatic carbocycles. The van der Waals surface area contributed by atoms with Crippen molar-refractivity contribution in [3.63, 3.8) is 0 Å². The van der Waals surface area contributed by atoms with Crippen LogP contribution in [0.25, 0.3) is 0 Å². The highest BCUT2D eigenvalue weighted by Crippen LogP contribution is 2.28. The summed E-state index contributed by atoms with van der Waals surface area (Å²) < 4.78 is 5.40. The van der Waals surface area contributed by atoms with Crippen LogP contribution in [-0.4, -0.2) is 62.8 Å². The first-order valence-corrected chi connectivity index (χ1v) is 8.28. The van der Waals surface area contributed by atoms with E-state index < -0.39 is 0 Å². The van der Waals surface area contributed by atoms with Crippen LogP contribution in [0.5, 0.6) is 0 Å². The first-order valence-electron chi connectivity index (χ1n) is 8.28. The number of carbonyl (C=O) groups is 1. The van der Waals surface area contributed by atoms with E-state index in [-0.39, 0.29) is 36.1 Å². The maximum Gasteiger partial charge on any atom is 0.234 e. The topological polar surface area (TPSA) is 53.6 Å². The molecular weight excluding hydrogens is 337 g/mol. The number of nitrogens with one attached hydrogen (secondary N) is 2. The van der Waals surface area contributed by atoms with Crippen molar-refractivity contribution in [3.05, 3.63) is 0 Å². The van der Waals surface area contributed by atoms with Gasteiger partial charge in [0.1, 0.15) is 0 Å². The Kier molecular flexibility index (Phi) is 10.7. The van der Waals surface area contributed by atoms with Crippen molar-refractivity contribution in [2.75, 3.05) is 39.9 Å². The molecule has 2 unspecified atom stereocenters. The highest BCUT2D eigenvalue weighted by Gasteiger charge is 2.33. The average Bonchev–Trinajstić information content (AvgIpc) is 2.78. The summed E-state index contributed by atoms with van der Waals surface area (Å²) in [6.45, 7) is 8.46. The lowest BCUT2D eigenvalue weighted by atomic mass is 9.79. The van der Waals surface area contributed by atoms with Crippen LogP contribution in [0, 0.1) is 5.41 Å². The Labute approximate surface area is 153 Å². The Morgan fingerprint density at radius 2 is 1.78 bits per heavy atom. The summed E-state index contributed by atoms with van der Waals surface area (Å²) in [5.74, 6) is 0.157. The molecule has 1 amide bonds. The summed E-state index contributed by atoms with van der Waals surface area (Å²) in [6, 6.07) is 1.05. The van der Waals surface area contributed by atoms with Crippen LogP contribution >= 0.6 is 24.8 Å². The molecule has 0 aromatic rings. The minimum absolute atomic E-state index is 0. The van der Waals surface area contributed by atoms with Gasteiger partial charge in [-0.1, -0.05) is 0 Å². The summed E-state index contributed by atoms with van der Waals surface area (Å²) in [6.07, 6.45) is 4.54. The van der Waals surface area contributed by atoms with E-state index in [1.54, 1.807) is 7.11 Å². The second-order valence-electron chi connectivity index (χ2n) is 6.91. The number of likely N-dealkylation sites (tertiary alicyclic amines) is 1. The van der Waals surface area contributed by atoms with Gasteiger partial charge in [-0.3, -0.25) is 9.69 Å². The quantitative estimate of drug-likeness (QED) is 0.749. The van der Waals surface area contributed by atoms with Gasteiger partial charge in [0, 0.05) is 31.2 Å². The highest BCUT2D eigenvalue weighted by atomic mass is 35.5. The standard InChI is InChI=1S/C16H31N3O2.2ClH/c1-13-4-5-14(2)19(13)10-15(20)18-11-16(12-21-3)6-8-17-9-7-16;;/h13-14,17H,4-12H2,1-3H3,(H,18,20);2*1H. The van der Waals surface area contributed by atoms with E-state index in [2.05, 4.69) is 29.4 Å². The maximum absolute atomic E-state index is 12.3. The molecule has 2 saturated heterocycles. The van der Waals surface area contributed by atoms with Crippen molar-refractivity contribution in [2.24, 2.45) is 5.41 Å². The van der Waals surface area contributed by atoms with Gasteiger partial charge in [-0.05, 0) is 52.6 Å². The Morgan fingerprint density at radius 1 is 1.22 bits per heavy atom. The number of ether oxygens (including phenoxy) is 1. The zero-order valence-electron chi connectivity index (χ0n) is 14.6. The van der Waals surface area contributed by atoms with Gasteiger partial charge in [0.15, 0.2) is 0 Å². The largest absolute Gasteiger partial charge is 0.384 e. The molecule has 0 aromatic heterocycles. The van der Waals surface area contributed by atoms with Crippen molar-refractivity contribution in [1.82, 2.24) is 15.5 Å². The number of halogens is 2. The fourth-order valence-corrected chi connectivity index (χ4v) is 3.70. The van der Waals surface area contributed by atoms with Crippen LogP contribution in [0.15, 0.2) is 0 Å². The van der Waals surface area contributed by atoms with Gasteiger partial charge >= 0.3 is 0 Å². The second kappa shape index (κ2) is 10.7. The number of nitrogens with zero attached hydrogens (tertiary/aromatic N) is 1. The number of amides is 1. The number of hydrogen-bond donors (Lipinski definition) is 2. The molecule has 0 bridgehead atoms. The van der Waals surface area contributed by atoms with Crippen LogP contribution in [0.1, 0.15) is 39.5 Å². The molecule has 2 heterocycles. The van der Waals surface area contributed by atoms with E-state index in [9.17, 15) is 4.79 Å². The average molecular weight is 370 g/mol. The van der Waals surface area contributed by atoms with Crippen molar-refractivity contribution < 1.29 is 9.53 Å². The molecule has 138 valence electrons. The Balaban J connectivity index is 0.00000242. The number of carbonyl (C=O) groups excluding carboxylic acids is 1. The predicted molar refractivity (Wildman–Crippen MR) is 98.8 cm³/mol.